The molecule has 17 heavy (non-hydrogen) atoms. The Balaban J connectivity index is 1.97. The molecule has 0 aromatic carbocycles. The topological polar surface area (TPSA) is 53.1 Å². The van der Waals surface area contributed by atoms with Gasteiger partial charge in [0.1, 0.15) is 10.4 Å². The SMILES string of the molecule is NC1CCCn2c(C3CCOCC3)nc(Br)c21. The van der Waals surface area contributed by atoms with Crippen LogP contribution >= 0.6 is 15.9 Å². The molecule has 2 N–H and O–H groups in total. The van der Waals surface area contributed by atoms with Crippen molar-refractivity contribution in [3.05, 3.63) is 16.1 Å². The van der Waals surface area contributed by atoms with Crippen LogP contribution in [0.15, 0.2) is 4.60 Å². The van der Waals surface area contributed by atoms with Crippen molar-refractivity contribution >= 4 is 15.9 Å². The number of nitrogens with zero attached hydrogens (tertiary/aromatic N) is 2. The van der Waals surface area contributed by atoms with Crippen LogP contribution in [0.25, 0.3) is 0 Å². The van der Waals surface area contributed by atoms with E-state index in [1.165, 1.54) is 11.5 Å². The van der Waals surface area contributed by atoms with Gasteiger partial charge in [0, 0.05) is 31.7 Å². The summed E-state index contributed by atoms with van der Waals surface area (Å²) in [5.41, 5.74) is 7.37. The highest BCUT2D eigenvalue weighted by molar-refractivity contribution is 9.10. The zero-order valence-electron chi connectivity index (χ0n) is 9.86. The number of aromatic nitrogens is 2. The number of rotatable bonds is 1. The van der Waals surface area contributed by atoms with E-state index in [2.05, 4.69) is 20.5 Å². The molecule has 4 nitrogen and oxygen atoms in total. The fourth-order valence-corrected chi connectivity index (χ4v) is 3.60. The number of ether oxygens (including phenoxy) is 1. The smallest absolute Gasteiger partial charge is 0.129 e. The van der Waals surface area contributed by atoms with E-state index in [0.717, 1.165) is 50.0 Å². The highest BCUT2D eigenvalue weighted by Crippen LogP contribution is 2.35. The number of hydrogen-bond donors (Lipinski definition) is 1. The third-order valence-corrected chi connectivity index (χ3v) is 4.41. The lowest BCUT2D eigenvalue weighted by molar-refractivity contribution is 0.0826. The minimum atomic E-state index is 0.138. The second-order valence-corrected chi connectivity index (χ2v) is 5.68. The van der Waals surface area contributed by atoms with E-state index in [1.807, 2.05) is 0 Å². The van der Waals surface area contributed by atoms with Gasteiger partial charge in [0.05, 0.1) is 5.69 Å². The highest BCUT2D eigenvalue weighted by Gasteiger charge is 2.28. The standard InChI is InChI=1S/C12H18BrN3O/c13-11-10-9(14)2-1-5-16(10)12(15-11)8-3-6-17-7-4-8/h8-9H,1-7,14H2. The number of halogens is 1. The van der Waals surface area contributed by atoms with Crippen molar-refractivity contribution in [2.75, 3.05) is 13.2 Å². The summed E-state index contributed by atoms with van der Waals surface area (Å²) < 4.78 is 8.71. The number of fused-ring (bicyclic) bond motifs is 1. The zero-order valence-corrected chi connectivity index (χ0v) is 11.4. The van der Waals surface area contributed by atoms with Gasteiger partial charge in [0.25, 0.3) is 0 Å². The summed E-state index contributed by atoms with van der Waals surface area (Å²) in [5.74, 6) is 1.75. The molecule has 0 saturated carbocycles. The third-order valence-electron chi connectivity index (χ3n) is 3.83. The van der Waals surface area contributed by atoms with Gasteiger partial charge in [-0.25, -0.2) is 4.98 Å². The Hall–Kier alpha value is -0.390. The predicted molar refractivity (Wildman–Crippen MR) is 68.9 cm³/mol. The van der Waals surface area contributed by atoms with Gasteiger partial charge in [-0.3, -0.25) is 0 Å². The summed E-state index contributed by atoms with van der Waals surface area (Å²) in [6.07, 6.45) is 4.39. The van der Waals surface area contributed by atoms with Crippen LogP contribution in [-0.4, -0.2) is 22.8 Å². The largest absolute Gasteiger partial charge is 0.381 e. The maximum Gasteiger partial charge on any atom is 0.129 e. The lowest BCUT2D eigenvalue weighted by atomic mass is 9.98. The first-order valence-electron chi connectivity index (χ1n) is 6.36. The van der Waals surface area contributed by atoms with E-state index >= 15 is 0 Å². The minimum absolute atomic E-state index is 0.138. The molecule has 2 aliphatic heterocycles. The summed E-state index contributed by atoms with van der Waals surface area (Å²) in [4.78, 5) is 4.71. The first-order valence-corrected chi connectivity index (χ1v) is 7.16. The van der Waals surface area contributed by atoms with Crippen LogP contribution in [0.4, 0.5) is 0 Å². The Morgan fingerprint density at radius 3 is 2.82 bits per heavy atom. The maximum atomic E-state index is 6.17. The van der Waals surface area contributed by atoms with Crippen molar-refractivity contribution in [1.29, 1.82) is 0 Å². The Kier molecular flexibility index (Phi) is 3.23. The molecule has 1 aromatic heterocycles. The van der Waals surface area contributed by atoms with Crippen LogP contribution in [-0.2, 0) is 11.3 Å². The molecule has 2 aliphatic rings. The molecule has 0 radical (unpaired) electrons. The summed E-state index contributed by atoms with van der Waals surface area (Å²) in [7, 11) is 0. The lowest BCUT2D eigenvalue weighted by Gasteiger charge is -2.26. The van der Waals surface area contributed by atoms with Crippen molar-refractivity contribution < 1.29 is 4.74 Å². The van der Waals surface area contributed by atoms with E-state index in [-0.39, 0.29) is 6.04 Å². The predicted octanol–water partition coefficient (Wildman–Crippen LogP) is 2.33. The van der Waals surface area contributed by atoms with Gasteiger partial charge < -0.3 is 15.0 Å². The summed E-state index contributed by atoms with van der Waals surface area (Å²) >= 11 is 3.57. The molecular weight excluding hydrogens is 282 g/mol. The number of hydrogen-bond acceptors (Lipinski definition) is 3. The molecule has 94 valence electrons. The molecule has 5 heteroatoms. The van der Waals surface area contributed by atoms with E-state index in [4.69, 9.17) is 15.5 Å². The second kappa shape index (κ2) is 4.71. The Labute approximate surface area is 110 Å². The van der Waals surface area contributed by atoms with Gasteiger partial charge in [0.15, 0.2) is 0 Å². The van der Waals surface area contributed by atoms with E-state index in [1.54, 1.807) is 0 Å². The third kappa shape index (κ3) is 2.04. The van der Waals surface area contributed by atoms with E-state index < -0.39 is 0 Å². The van der Waals surface area contributed by atoms with Crippen LogP contribution in [0.2, 0.25) is 0 Å². The monoisotopic (exact) mass is 299 g/mol. The molecule has 1 saturated heterocycles. The van der Waals surface area contributed by atoms with Gasteiger partial charge in [-0.1, -0.05) is 0 Å². The van der Waals surface area contributed by atoms with Gasteiger partial charge in [0.2, 0.25) is 0 Å². The highest BCUT2D eigenvalue weighted by atomic mass is 79.9. The van der Waals surface area contributed by atoms with Gasteiger partial charge in [-0.05, 0) is 41.6 Å². The molecule has 0 bridgehead atoms. The number of imidazole rings is 1. The Morgan fingerprint density at radius 1 is 1.29 bits per heavy atom. The Morgan fingerprint density at radius 2 is 2.06 bits per heavy atom. The quantitative estimate of drug-likeness (QED) is 0.866. The van der Waals surface area contributed by atoms with Crippen LogP contribution < -0.4 is 5.73 Å². The van der Waals surface area contributed by atoms with Crippen molar-refractivity contribution in [3.8, 4) is 0 Å². The first kappa shape index (κ1) is 11.7. The van der Waals surface area contributed by atoms with Crippen LogP contribution in [0.5, 0.6) is 0 Å². The van der Waals surface area contributed by atoms with Crippen LogP contribution in [0, 0.1) is 0 Å². The summed E-state index contributed by atoms with van der Waals surface area (Å²) in [6.45, 7) is 2.78. The zero-order chi connectivity index (χ0) is 11.8. The molecule has 3 heterocycles. The molecular formula is C12H18BrN3O. The number of nitrogens with two attached hydrogens (primary N) is 1. The van der Waals surface area contributed by atoms with Crippen LogP contribution in [0.3, 0.4) is 0 Å². The Bertz CT molecular complexity index is 412. The molecule has 1 aromatic rings. The molecule has 0 aliphatic carbocycles. The molecule has 1 unspecified atom stereocenters. The van der Waals surface area contributed by atoms with Gasteiger partial charge in [-0.15, -0.1) is 0 Å². The second-order valence-electron chi connectivity index (χ2n) is 4.93. The van der Waals surface area contributed by atoms with E-state index in [0.29, 0.717) is 5.92 Å². The van der Waals surface area contributed by atoms with Gasteiger partial charge >= 0.3 is 0 Å². The molecule has 3 rings (SSSR count). The van der Waals surface area contributed by atoms with Crippen molar-refractivity contribution in [2.24, 2.45) is 5.73 Å². The lowest BCUT2D eigenvalue weighted by Crippen LogP contribution is -2.25. The summed E-state index contributed by atoms with van der Waals surface area (Å²) in [5, 5.41) is 0. The van der Waals surface area contributed by atoms with Crippen molar-refractivity contribution in [2.45, 2.75) is 44.2 Å². The molecule has 1 fully saturated rings. The fraction of sp³-hybridized carbons (Fsp3) is 0.750. The molecule has 1 atom stereocenters. The molecule has 0 spiro atoms. The van der Waals surface area contributed by atoms with Gasteiger partial charge in [-0.2, -0.15) is 0 Å². The van der Waals surface area contributed by atoms with Crippen LogP contribution in [0.1, 0.15) is 49.2 Å². The summed E-state index contributed by atoms with van der Waals surface area (Å²) in [6, 6.07) is 0.138. The molecule has 0 amide bonds. The van der Waals surface area contributed by atoms with Crippen molar-refractivity contribution in [1.82, 2.24) is 9.55 Å². The fourth-order valence-electron chi connectivity index (χ4n) is 2.91. The van der Waals surface area contributed by atoms with Crippen molar-refractivity contribution in [3.63, 3.8) is 0 Å². The normalized spacial score (nSPS) is 25.9. The average molecular weight is 300 g/mol. The minimum Gasteiger partial charge on any atom is -0.381 e. The maximum absolute atomic E-state index is 6.17. The first-order chi connectivity index (χ1) is 8.27. The van der Waals surface area contributed by atoms with E-state index in [9.17, 15) is 0 Å². The average Bonchev–Trinajstić information content (AvgIpc) is 2.69.